The molecular weight excluding hydrogens is 384 g/mol. The summed E-state index contributed by atoms with van der Waals surface area (Å²) < 4.78 is 2.08. The number of fused-ring (bicyclic) bond motifs is 2. The Morgan fingerprint density at radius 3 is 2.74 bits per heavy atom. The van der Waals surface area contributed by atoms with Crippen LogP contribution in [-0.2, 0) is 0 Å². The van der Waals surface area contributed by atoms with Crippen molar-refractivity contribution in [2.24, 2.45) is 5.73 Å². The lowest BCUT2D eigenvalue weighted by molar-refractivity contribution is 0.248. The van der Waals surface area contributed by atoms with Crippen LogP contribution < -0.4 is 5.73 Å². The zero-order valence-electron chi connectivity index (χ0n) is 18.1. The highest BCUT2D eigenvalue weighted by atomic mass is 15.3. The molecule has 0 amide bonds. The summed E-state index contributed by atoms with van der Waals surface area (Å²) >= 11 is 0. The summed E-state index contributed by atoms with van der Waals surface area (Å²) in [6, 6.07) is 15.2. The van der Waals surface area contributed by atoms with Gasteiger partial charge in [-0.3, -0.25) is 9.30 Å². The Bertz CT molecular complexity index is 1290. The molecule has 0 spiro atoms. The first-order valence-electron chi connectivity index (χ1n) is 11.3. The van der Waals surface area contributed by atoms with E-state index in [1.54, 1.807) is 0 Å². The summed E-state index contributed by atoms with van der Waals surface area (Å²) in [5.41, 5.74) is 11.7. The van der Waals surface area contributed by atoms with Gasteiger partial charge in [-0.05, 0) is 62.3 Å². The van der Waals surface area contributed by atoms with Gasteiger partial charge in [-0.25, -0.2) is 4.98 Å². The van der Waals surface area contributed by atoms with Gasteiger partial charge in [0.15, 0.2) is 11.5 Å². The quantitative estimate of drug-likeness (QED) is 0.541. The fourth-order valence-corrected chi connectivity index (χ4v) is 4.91. The molecule has 2 N–H and O–H groups in total. The second-order valence-corrected chi connectivity index (χ2v) is 9.65. The maximum Gasteiger partial charge on any atom is 0.187 e. The Hall–Kier alpha value is -2.83. The minimum atomic E-state index is -0.103. The van der Waals surface area contributed by atoms with E-state index in [0.29, 0.717) is 5.92 Å². The highest BCUT2D eigenvalue weighted by Gasteiger charge is 2.33. The highest BCUT2D eigenvalue weighted by Crippen LogP contribution is 2.42. The van der Waals surface area contributed by atoms with Gasteiger partial charge in [0.2, 0.25) is 0 Å². The van der Waals surface area contributed by atoms with Crippen molar-refractivity contribution in [1.82, 2.24) is 24.5 Å². The number of benzene rings is 1. The topological polar surface area (TPSA) is 72.3 Å². The number of rotatable bonds is 4. The molecular formula is C25H28N6. The maximum absolute atomic E-state index is 6.37. The van der Waals surface area contributed by atoms with Gasteiger partial charge in [0.05, 0.1) is 5.52 Å². The van der Waals surface area contributed by atoms with E-state index >= 15 is 0 Å². The fourth-order valence-electron chi connectivity index (χ4n) is 4.91. The summed E-state index contributed by atoms with van der Waals surface area (Å²) in [4.78, 5) is 7.51. The molecule has 31 heavy (non-hydrogen) atoms. The van der Waals surface area contributed by atoms with Crippen LogP contribution in [0.25, 0.3) is 28.1 Å². The van der Waals surface area contributed by atoms with Crippen molar-refractivity contribution >= 4 is 16.6 Å². The molecule has 1 aliphatic heterocycles. The molecule has 0 radical (unpaired) electrons. The molecule has 4 heterocycles. The van der Waals surface area contributed by atoms with Crippen LogP contribution in [0.2, 0.25) is 0 Å². The Balaban J connectivity index is 1.41. The molecule has 0 bridgehead atoms. The third-order valence-corrected chi connectivity index (χ3v) is 6.99. The minimum Gasteiger partial charge on any atom is -0.324 e. The molecule has 0 unspecified atom stereocenters. The number of likely N-dealkylation sites (tertiary alicyclic amines) is 1. The number of pyridine rings is 2. The molecule has 3 aromatic heterocycles. The second kappa shape index (κ2) is 6.84. The number of aromatic nitrogens is 4. The van der Waals surface area contributed by atoms with Gasteiger partial charge in [-0.2, -0.15) is 0 Å². The maximum atomic E-state index is 6.37. The van der Waals surface area contributed by atoms with Gasteiger partial charge in [-0.15, -0.1) is 10.2 Å². The van der Waals surface area contributed by atoms with E-state index in [9.17, 15) is 0 Å². The van der Waals surface area contributed by atoms with Crippen LogP contribution in [0, 0.1) is 0 Å². The zero-order chi connectivity index (χ0) is 21.2. The van der Waals surface area contributed by atoms with Crippen molar-refractivity contribution in [2.45, 2.75) is 50.6 Å². The molecule has 1 aliphatic carbocycles. The predicted octanol–water partition coefficient (Wildman–Crippen LogP) is 4.31. The normalized spacial score (nSPS) is 23.1. The average Bonchev–Trinajstić information content (AvgIpc) is 3.43. The molecule has 6 rings (SSSR count). The first kappa shape index (κ1) is 18.9. The summed E-state index contributed by atoms with van der Waals surface area (Å²) in [5.74, 6) is 1.45. The molecule has 2 aliphatic rings. The van der Waals surface area contributed by atoms with Gasteiger partial charge in [0.25, 0.3) is 0 Å². The molecule has 4 aromatic rings. The lowest BCUT2D eigenvalue weighted by atomic mass is 10.0. The molecule has 2 fully saturated rings. The molecule has 6 nitrogen and oxygen atoms in total. The first-order chi connectivity index (χ1) is 15.0. The van der Waals surface area contributed by atoms with E-state index in [4.69, 9.17) is 10.7 Å². The van der Waals surface area contributed by atoms with Crippen LogP contribution in [0.15, 0.2) is 48.7 Å². The molecule has 1 saturated carbocycles. The molecule has 1 aromatic carbocycles. The van der Waals surface area contributed by atoms with E-state index in [1.165, 1.54) is 29.4 Å². The van der Waals surface area contributed by atoms with Crippen molar-refractivity contribution in [1.29, 1.82) is 0 Å². The Morgan fingerprint density at radius 1 is 1.10 bits per heavy atom. The summed E-state index contributed by atoms with van der Waals surface area (Å²) in [7, 11) is 0. The lowest BCUT2D eigenvalue weighted by Crippen LogP contribution is -2.39. The fraction of sp³-hybridized carbons (Fsp3) is 0.400. The number of nitrogens with zero attached hydrogens (tertiary/aromatic N) is 5. The van der Waals surface area contributed by atoms with E-state index < -0.39 is 0 Å². The molecule has 2 atom stereocenters. The largest absolute Gasteiger partial charge is 0.324 e. The van der Waals surface area contributed by atoms with Crippen LogP contribution in [0.3, 0.4) is 0 Å². The van der Waals surface area contributed by atoms with Crippen molar-refractivity contribution < 1.29 is 0 Å². The van der Waals surface area contributed by atoms with E-state index in [2.05, 4.69) is 82.0 Å². The van der Waals surface area contributed by atoms with Crippen LogP contribution in [0.1, 0.15) is 56.2 Å². The van der Waals surface area contributed by atoms with E-state index in [-0.39, 0.29) is 11.6 Å². The summed E-state index contributed by atoms with van der Waals surface area (Å²) in [6.45, 7) is 6.33. The van der Waals surface area contributed by atoms with Gasteiger partial charge < -0.3 is 5.73 Å². The van der Waals surface area contributed by atoms with Gasteiger partial charge >= 0.3 is 0 Å². The van der Waals surface area contributed by atoms with Gasteiger partial charge in [-0.1, -0.05) is 30.3 Å². The molecule has 1 saturated heterocycles. The standard InChI is InChI=1S/C25H28N6/c1-16(30-13-12-25(2,26)15-30)19-9-11-22-28-29-24(31(22)14-19)21-10-8-18-4-3-5-20(17-6-7-17)23(18)27-21/h3-5,8-11,14,16-17H,6-7,12-13,15,26H2,1-2H3/t16-,25+/m1/s1. The summed E-state index contributed by atoms with van der Waals surface area (Å²) in [6.07, 6.45) is 5.72. The van der Waals surface area contributed by atoms with Crippen LogP contribution in [0.4, 0.5) is 0 Å². The predicted molar refractivity (Wildman–Crippen MR) is 123 cm³/mol. The number of nitrogens with two attached hydrogens (primary N) is 1. The van der Waals surface area contributed by atoms with Crippen molar-refractivity contribution in [2.75, 3.05) is 13.1 Å². The smallest absolute Gasteiger partial charge is 0.187 e. The summed E-state index contributed by atoms with van der Waals surface area (Å²) in [5, 5.41) is 10.1. The third kappa shape index (κ3) is 3.30. The Morgan fingerprint density at radius 2 is 1.97 bits per heavy atom. The minimum absolute atomic E-state index is 0.103. The monoisotopic (exact) mass is 412 g/mol. The lowest BCUT2D eigenvalue weighted by Gasteiger charge is -2.26. The van der Waals surface area contributed by atoms with Crippen molar-refractivity contribution in [3.8, 4) is 11.5 Å². The van der Waals surface area contributed by atoms with Crippen molar-refractivity contribution in [3.05, 3.63) is 59.8 Å². The van der Waals surface area contributed by atoms with Crippen LogP contribution in [0.5, 0.6) is 0 Å². The molecule has 6 heteroatoms. The third-order valence-electron chi connectivity index (χ3n) is 6.99. The van der Waals surface area contributed by atoms with Gasteiger partial charge in [0, 0.05) is 36.3 Å². The van der Waals surface area contributed by atoms with Crippen LogP contribution in [-0.4, -0.2) is 43.1 Å². The first-order valence-corrected chi connectivity index (χ1v) is 11.3. The number of hydrogen-bond donors (Lipinski definition) is 1. The highest BCUT2D eigenvalue weighted by molar-refractivity contribution is 5.84. The SMILES string of the molecule is C[C@H](c1ccc2nnc(-c3ccc4cccc(C5CC5)c4n3)n2c1)N1CC[C@](C)(N)C1. The van der Waals surface area contributed by atoms with Crippen molar-refractivity contribution in [3.63, 3.8) is 0 Å². The Labute approximate surface area is 182 Å². The van der Waals surface area contributed by atoms with Crippen LogP contribution >= 0.6 is 0 Å². The second-order valence-electron chi connectivity index (χ2n) is 9.65. The molecule has 158 valence electrons. The van der Waals surface area contributed by atoms with E-state index in [0.717, 1.165) is 42.2 Å². The average molecular weight is 413 g/mol. The zero-order valence-corrected chi connectivity index (χ0v) is 18.1. The Kier molecular flexibility index (Phi) is 4.17. The van der Waals surface area contributed by atoms with E-state index in [1.807, 2.05) is 0 Å². The van der Waals surface area contributed by atoms with Gasteiger partial charge in [0.1, 0.15) is 5.69 Å². The number of para-hydroxylation sites is 1. The number of hydrogen-bond acceptors (Lipinski definition) is 5.